The zero-order valence-corrected chi connectivity index (χ0v) is 18.4. The van der Waals surface area contributed by atoms with Crippen LogP contribution >= 0.6 is 0 Å². The van der Waals surface area contributed by atoms with Crippen molar-refractivity contribution in [2.45, 2.75) is 31.3 Å². The molecule has 0 amide bonds. The van der Waals surface area contributed by atoms with Gasteiger partial charge in [-0.1, -0.05) is 6.07 Å². The lowest BCUT2D eigenvalue weighted by molar-refractivity contribution is -0.00864. The number of fused-ring (bicyclic) bond motifs is 1. The lowest BCUT2D eigenvalue weighted by atomic mass is 9.82. The van der Waals surface area contributed by atoms with E-state index in [2.05, 4.69) is 9.62 Å². The van der Waals surface area contributed by atoms with Crippen LogP contribution in [0.5, 0.6) is 5.75 Å². The predicted molar refractivity (Wildman–Crippen MR) is 122 cm³/mol. The summed E-state index contributed by atoms with van der Waals surface area (Å²) in [7, 11) is -3.41. The van der Waals surface area contributed by atoms with E-state index in [1.165, 1.54) is 0 Å². The Hall–Kier alpha value is -2.78. The number of Topliss-reactive ketones (excluding diaryl/α,β-unsaturated/α-hetero) is 1. The van der Waals surface area contributed by atoms with Crippen molar-refractivity contribution < 1.29 is 17.9 Å². The normalized spacial score (nSPS) is 18.4. The van der Waals surface area contributed by atoms with Crippen molar-refractivity contribution in [1.82, 2.24) is 4.90 Å². The maximum atomic E-state index is 12.8. The van der Waals surface area contributed by atoms with Crippen LogP contribution in [0.4, 0.5) is 17.1 Å². The Kier molecular flexibility index (Phi) is 5.57. The Labute approximate surface area is 182 Å². The number of carbonyl (C=O) groups is 1. The Balaban J connectivity index is 1.38. The number of sulfonamides is 1. The van der Waals surface area contributed by atoms with Gasteiger partial charge >= 0.3 is 0 Å². The van der Waals surface area contributed by atoms with E-state index >= 15 is 0 Å². The summed E-state index contributed by atoms with van der Waals surface area (Å²) < 4.78 is 31.6. The second-order valence-corrected chi connectivity index (χ2v) is 10.3. The van der Waals surface area contributed by atoms with E-state index in [4.69, 9.17) is 16.2 Å². The molecule has 2 heterocycles. The van der Waals surface area contributed by atoms with Crippen LogP contribution in [-0.2, 0) is 16.4 Å². The molecule has 2 aromatic rings. The van der Waals surface area contributed by atoms with Crippen molar-refractivity contribution >= 4 is 32.9 Å². The highest BCUT2D eigenvalue weighted by Crippen LogP contribution is 2.40. The fourth-order valence-electron chi connectivity index (χ4n) is 4.30. The van der Waals surface area contributed by atoms with Gasteiger partial charge in [-0.2, -0.15) is 0 Å². The molecule has 4 rings (SSSR count). The number of benzene rings is 2. The average molecular weight is 445 g/mol. The van der Waals surface area contributed by atoms with Crippen LogP contribution in [0.2, 0.25) is 0 Å². The van der Waals surface area contributed by atoms with E-state index in [1.54, 1.807) is 18.2 Å². The van der Waals surface area contributed by atoms with Crippen LogP contribution in [0.25, 0.3) is 0 Å². The quantitative estimate of drug-likeness (QED) is 0.604. The van der Waals surface area contributed by atoms with E-state index < -0.39 is 15.6 Å². The molecule has 1 saturated heterocycles. The zero-order valence-electron chi connectivity index (χ0n) is 17.6. The molecule has 0 bridgehead atoms. The van der Waals surface area contributed by atoms with Gasteiger partial charge in [0.15, 0.2) is 5.78 Å². The third-order valence-electron chi connectivity index (χ3n) is 6.03. The lowest BCUT2D eigenvalue weighted by Gasteiger charge is -2.44. The fourth-order valence-corrected chi connectivity index (χ4v) is 4.86. The molecule has 2 aromatic carbocycles. The van der Waals surface area contributed by atoms with Gasteiger partial charge in [0.05, 0.1) is 29.6 Å². The molecule has 5 N–H and O–H groups in total. The minimum atomic E-state index is -3.41. The Morgan fingerprint density at radius 1 is 1.10 bits per heavy atom. The number of hydrogen-bond donors (Lipinski definition) is 3. The van der Waals surface area contributed by atoms with Gasteiger partial charge in [-0.25, -0.2) is 8.42 Å². The molecule has 0 radical (unpaired) electrons. The van der Waals surface area contributed by atoms with Gasteiger partial charge in [0.2, 0.25) is 10.0 Å². The number of ketones is 1. The van der Waals surface area contributed by atoms with Crippen molar-refractivity contribution in [3.63, 3.8) is 0 Å². The lowest BCUT2D eigenvalue weighted by Crippen LogP contribution is -2.51. The summed E-state index contributed by atoms with van der Waals surface area (Å²) in [5, 5.41) is 0. The average Bonchev–Trinajstić information content (AvgIpc) is 2.70. The zero-order chi connectivity index (χ0) is 22.2. The second kappa shape index (κ2) is 8.05. The molecule has 0 atom stereocenters. The molecule has 1 fully saturated rings. The van der Waals surface area contributed by atoms with Gasteiger partial charge in [0.1, 0.15) is 11.4 Å². The number of nitrogens with two attached hydrogens (primary N) is 2. The Morgan fingerprint density at radius 3 is 2.52 bits per heavy atom. The van der Waals surface area contributed by atoms with Crippen molar-refractivity contribution in [1.29, 1.82) is 0 Å². The molecular formula is C22H28N4O4S. The minimum absolute atomic E-state index is 0.01000. The number of nitrogens with zero attached hydrogens (tertiary/aromatic N) is 1. The summed E-state index contributed by atoms with van der Waals surface area (Å²) in [4.78, 5) is 15.2. The van der Waals surface area contributed by atoms with Crippen LogP contribution in [0.1, 0.15) is 35.2 Å². The van der Waals surface area contributed by atoms with Crippen LogP contribution in [-0.4, -0.2) is 50.6 Å². The SMILES string of the molecule is CS(=O)(=O)Nc1ccc2c(c1)C(=O)CC1(CCN(CCc3ccc(N)c(N)c3)CC1)O2. The van der Waals surface area contributed by atoms with E-state index in [0.29, 0.717) is 34.8 Å². The number of hydrogen-bond acceptors (Lipinski definition) is 7. The molecule has 0 unspecified atom stereocenters. The highest BCUT2D eigenvalue weighted by atomic mass is 32.2. The number of anilines is 3. The molecule has 2 aliphatic rings. The summed E-state index contributed by atoms with van der Waals surface area (Å²) in [6.45, 7) is 2.60. The number of nitrogen functional groups attached to an aromatic ring is 2. The minimum Gasteiger partial charge on any atom is -0.486 e. The van der Waals surface area contributed by atoms with E-state index in [9.17, 15) is 13.2 Å². The summed E-state index contributed by atoms with van der Waals surface area (Å²) in [5.41, 5.74) is 14.4. The van der Waals surface area contributed by atoms with E-state index in [-0.39, 0.29) is 5.78 Å². The van der Waals surface area contributed by atoms with Crippen LogP contribution in [0.3, 0.4) is 0 Å². The fraction of sp³-hybridized carbons (Fsp3) is 0.409. The maximum absolute atomic E-state index is 12.8. The molecule has 8 nitrogen and oxygen atoms in total. The number of nitrogens with one attached hydrogen (secondary N) is 1. The van der Waals surface area contributed by atoms with Crippen LogP contribution in [0, 0.1) is 0 Å². The topological polar surface area (TPSA) is 128 Å². The van der Waals surface area contributed by atoms with Gasteiger partial charge < -0.3 is 21.1 Å². The van der Waals surface area contributed by atoms with Gasteiger partial charge in [-0.3, -0.25) is 9.52 Å². The molecule has 0 aromatic heterocycles. The van der Waals surface area contributed by atoms with Crippen LogP contribution in [0.15, 0.2) is 36.4 Å². The number of piperidine rings is 1. The first kappa shape index (κ1) is 21.5. The first-order chi connectivity index (χ1) is 14.6. The largest absolute Gasteiger partial charge is 0.486 e. The van der Waals surface area contributed by atoms with Crippen molar-refractivity contribution in [3.05, 3.63) is 47.5 Å². The van der Waals surface area contributed by atoms with Crippen LogP contribution < -0.4 is 20.9 Å². The molecule has 2 aliphatic heterocycles. The molecular weight excluding hydrogens is 416 g/mol. The first-order valence-electron chi connectivity index (χ1n) is 10.3. The maximum Gasteiger partial charge on any atom is 0.229 e. The molecule has 0 saturated carbocycles. The smallest absolute Gasteiger partial charge is 0.229 e. The molecule has 166 valence electrons. The number of ether oxygens (including phenoxy) is 1. The standard InChI is InChI=1S/C22H28N4O4S/c1-31(28,29)25-16-3-5-21-17(13-16)20(27)14-22(30-21)7-10-26(11-8-22)9-6-15-2-4-18(23)19(24)12-15/h2-5,12-13,25H,6-11,14,23-24H2,1H3. The first-order valence-corrected chi connectivity index (χ1v) is 12.2. The monoisotopic (exact) mass is 444 g/mol. The Morgan fingerprint density at radius 2 is 1.84 bits per heavy atom. The highest BCUT2D eigenvalue weighted by molar-refractivity contribution is 7.92. The molecule has 31 heavy (non-hydrogen) atoms. The molecule has 0 aliphatic carbocycles. The van der Waals surface area contributed by atoms with Gasteiger partial charge in [-0.05, 0) is 42.3 Å². The van der Waals surface area contributed by atoms with Gasteiger partial charge in [-0.15, -0.1) is 0 Å². The van der Waals surface area contributed by atoms with Crippen molar-refractivity contribution in [2.24, 2.45) is 0 Å². The van der Waals surface area contributed by atoms with E-state index in [0.717, 1.165) is 50.7 Å². The van der Waals surface area contributed by atoms with Crippen molar-refractivity contribution in [2.75, 3.05) is 42.1 Å². The van der Waals surface area contributed by atoms with Gasteiger partial charge in [0, 0.05) is 38.2 Å². The molecule has 1 spiro atoms. The third-order valence-corrected chi connectivity index (χ3v) is 6.63. The summed E-state index contributed by atoms with van der Waals surface area (Å²) in [5.74, 6) is 0.519. The third kappa shape index (κ3) is 4.94. The molecule has 9 heteroatoms. The highest BCUT2D eigenvalue weighted by Gasteiger charge is 2.42. The number of rotatable bonds is 5. The number of likely N-dealkylation sites (tertiary alicyclic amines) is 1. The second-order valence-electron chi connectivity index (χ2n) is 8.53. The summed E-state index contributed by atoms with van der Waals surface area (Å²) in [6.07, 6.45) is 3.81. The summed E-state index contributed by atoms with van der Waals surface area (Å²) >= 11 is 0. The Bertz CT molecular complexity index is 1110. The number of carbonyl (C=O) groups excluding carboxylic acids is 1. The van der Waals surface area contributed by atoms with Gasteiger partial charge in [0.25, 0.3) is 0 Å². The van der Waals surface area contributed by atoms with Crippen molar-refractivity contribution in [3.8, 4) is 5.75 Å². The predicted octanol–water partition coefficient (Wildman–Crippen LogP) is 2.26. The van der Waals surface area contributed by atoms with E-state index in [1.807, 2.05) is 18.2 Å². The summed E-state index contributed by atoms with van der Waals surface area (Å²) in [6, 6.07) is 10.6.